The lowest BCUT2D eigenvalue weighted by Crippen LogP contribution is -2.44. The van der Waals surface area contributed by atoms with E-state index in [0.717, 1.165) is 63.6 Å². The summed E-state index contributed by atoms with van der Waals surface area (Å²) in [4.78, 5) is 9.23. The Morgan fingerprint density at radius 2 is 1.89 bits per heavy atom. The molecule has 0 amide bonds. The lowest BCUT2D eigenvalue weighted by molar-refractivity contribution is 0.252. The second-order valence-corrected chi connectivity index (χ2v) is 5.48. The third kappa shape index (κ3) is 2.84. The number of nitrogens with zero attached hydrogens (tertiary/aromatic N) is 5. The van der Waals surface area contributed by atoms with Crippen LogP contribution in [0.2, 0.25) is 0 Å². The lowest BCUT2D eigenvalue weighted by atomic mass is 9.93. The molecule has 2 fully saturated rings. The lowest BCUT2D eigenvalue weighted by Gasteiger charge is -2.33. The van der Waals surface area contributed by atoms with Crippen LogP contribution in [0.1, 0.15) is 24.5 Å². The Kier molecular flexibility index (Phi) is 3.89. The molecule has 2 saturated heterocycles. The molecule has 0 bridgehead atoms. The first-order valence-electron chi connectivity index (χ1n) is 7.16. The normalized spacial score (nSPS) is 22.7. The van der Waals surface area contributed by atoms with Crippen molar-refractivity contribution >= 4 is 5.82 Å². The largest absolute Gasteiger partial charge is 0.352 e. The quantitative estimate of drug-likeness (QED) is 0.815. The highest BCUT2D eigenvalue weighted by Gasteiger charge is 2.26. The van der Waals surface area contributed by atoms with Crippen LogP contribution in [0.25, 0.3) is 0 Å². The molecule has 1 aromatic heterocycles. The van der Waals surface area contributed by atoms with Gasteiger partial charge in [-0.1, -0.05) is 0 Å². The van der Waals surface area contributed by atoms with Crippen LogP contribution < -0.4 is 10.2 Å². The third-order valence-corrected chi connectivity index (χ3v) is 4.15. The van der Waals surface area contributed by atoms with Gasteiger partial charge < -0.3 is 15.1 Å². The Labute approximate surface area is 114 Å². The Balaban J connectivity index is 1.80. The van der Waals surface area contributed by atoms with Crippen molar-refractivity contribution in [2.45, 2.75) is 18.8 Å². The molecule has 0 aliphatic carbocycles. The van der Waals surface area contributed by atoms with Crippen molar-refractivity contribution in [1.82, 2.24) is 25.4 Å². The average Bonchev–Trinajstić information content (AvgIpc) is 2.49. The number of aromatic nitrogens is 3. The zero-order valence-electron chi connectivity index (χ0n) is 11.5. The van der Waals surface area contributed by atoms with Crippen LogP contribution in [0.4, 0.5) is 5.82 Å². The van der Waals surface area contributed by atoms with E-state index < -0.39 is 0 Å². The molecule has 1 aromatic rings. The summed E-state index contributed by atoms with van der Waals surface area (Å²) >= 11 is 0. The van der Waals surface area contributed by atoms with E-state index in [1.165, 1.54) is 0 Å². The van der Waals surface area contributed by atoms with Crippen molar-refractivity contribution in [3.8, 4) is 0 Å². The Morgan fingerprint density at radius 1 is 1.16 bits per heavy atom. The maximum atomic E-state index is 4.51. The molecule has 19 heavy (non-hydrogen) atoms. The summed E-state index contributed by atoms with van der Waals surface area (Å²) < 4.78 is 0. The van der Waals surface area contributed by atoms with E-state index in [-0.39, 0.29) is 0 Å². The highest BCUT2D eigenvalue weighted by atomic mass is 15.3. The van der Waals surface area contributed by atoms with Crippen LogP contribution in [0, 0.1) is 0 Å². The van der Waals surface area contributed by atoms with Gasteiger partial charge in [0, 0.05) is 32.1 Å². The van der Waals surface area contributed by atoms with Gasteiger partial charge in [-0.2, -0.15) is 0 Å². The number of piperidine rings is 1. The van der Waals surface area contributed by atoms with E-state index in [2.05, 4.69) is 37.3 Å². The predicted molar refractivity (Wildman–Crippen MR) is 74.4 cm³/mol. The van der Waals surface area contributed by atoms with E-state index in [1.54, 1.807) is 6.33 Å². The first-order valence-corrected chi connectivity index (χ1v) is 7.16. The summed E-state index contributed by atoms with van der Waals surface area (Å²) in [6, 6.07) is 0. The first-order chi connectivity index (χ1) is 9.34. The summed E-state index contributed by atoms with van der Waals surface area (Å²) in [5.74, 6) is 1.58. The van der Waals surface area contributed by atoms with Crippen molar-refractivity contribution < 1.29 is 0 Å². The maximum absolute atomic E-state index is 4.51. The second kappa shape index (κ2) is 5.79. The van der Waals surface area contributed by atoms with Gasteiger partial charge in [-0.25, -0.2) is 4.98 Å². The van der Waals surface area contributed by atoms with Crippen molar-refractivity contribution in [1.29, 1.82) is 0 Å². The minimum absolute atomic E-state index is 0.516. The molecule has 0 atom stereocenters. The van der Waals surface area contributed by atoms with Gasteiger partial charge in [0.1, 0.15) is 12.0 Å². The molecule has 2 aliphatic heterocycles. The van der Waals surface area contributed by atoms with E-state index in [9.17, 15) is 0 Å². The molecule has 6 nitrogen and oxygen atoms in total. The van der Waals surface area contributed by atoms with Gasteiger partial charge in [0.05, 0.1) is 0 Å². The zero-order chi connectivity index (χ0) is 13.1. The monoisotopic (exact) mass is 262 g/mol. The molecule has 3 rings (SSSR count). The number of likely N-dealkylation sites (tertiary alicyclic amines) is 1. The molecular weight excluding hydrogens is 240 g/mol. The molecule has 0 unspecified atom stereocenters. The number of rotatable bonds is 2. The first kappa shape index (κ1) is 12.7. The Hall–Kier alpha value is -1.27. The Bertz CT molecular complexity index is 409. The summed E-state index contributed by atoms with van der Waals surface area (Å²) in [5, 5.41) is 11.8. The van der Waals surface area contributed by atoms with E-state index in [0.29, 0.717) is 5.92 Å². The van der Waals surface area contributed by atoms with Crippen LogP contribution in [0.3, 0.4) is 0 Å². The van der Waals surface area contributed by atoms with Gasteiger partial charge in [0.15, 0.2) is 5.82 Å². The molecular formula is C13H22N6. The van der Waals surface area contributed by atoms with Crippen LogP contribution in [0.15, 0.2) is 6.33 Å². The smallest absolute Gasteiger partial charge is 0.154 e. The van der Waals surface area contributed by atoms with Gasteiger partial charge in [0.2, 0.25) is 0 Å². The number of hydrogen-bond donors (Lipinski definition) is 1. The van der Waals surface area contributed by atoms with E-state index in [1.807, 2.05) is 0 Å². The molecule has 0 radical (unpaired) electrons. The second-order valence-electron chi connectivity index (χ2n) is 5.48. The topological polar surface area (TPSA) is 57.2 Å². The summed E-state index contributed by atoms with van der Waals surface area (Å²) in [5.41, 5.74) is 1.11. The highest BCUT2D eigenvalue weighted by molar-refractivity contribution is 5.45. The van der Waals surface area contributed by atoms with Crippen LogP contribution in [0.5, 0.6) is 0 Å². The molecule has 0 aromatic carbocycles. The molecule has 1 N–H and O–H groups in total. The third-order valence-electron chi connectivity index (χ3n) is 4.15. The number of anilines is 1. The maximum Gasteiger partial charge on any atom is 0.154 e. The summed E-state index contributed by atoms with van der Waals surface area (Å²) in [6.45, 7) is 6.36. The fourth-order valence-corrected chi connectivity index (χ4v) is 2.95. The van der Waals surface area contributed by atoms with Crippen LogP contribution in [-0.2, 0) is 0 Å². The van der Waals surface area contributed by atoms with E-state index in [4.69, 9.17) is 0 Å². The number of hydrogen-bond acceptors (Lipinski definition) is 6. The average molecular weight is 262 g/mol. The Morgan fingerprint density at radius 3 is 2.63 bits per heavy atom. The standard InChI is InChI=1S/C13H22N6/c1-18-6-2-11(3-7-18)12-13(15-10-16-17-12)19-8-4-14-5-9-19/h10-11,14H,2-9H2,1H3. The van der Waals surface area contributed by atoms with Crippen LogP contribution in [-0.4, -0.2) is 66.4 Å². The number of piperazine rings is 1. The fourth-order valence-electron chi connectivity index (χ4n) is 2.95. The van der Waals surface area contributed by atoms with E-state index >= 15 is 0 Å². The van der Waals surface area contributed by atoms with Gasteiger partial charge in [-0.05, 0) is 33.0 Å². The molecule has 2 aliphatic rings. The SMILES string of the molecule is CN1CCC(c2nncnc2N2CCNCC2)CC1. The van der Waals surface area contributed by atoms with Gasteiger partial charge in [-0.3, -0.25) is 0 Å². The fraction of sp³-hybridized carbons (Fsp3) is 0.769. The van der Waals surface area contributed by atoms with Gasteiger partial charge in [-0.15, -0.1) is 10.2 Å². The minimum atomic E-state index is 0.516. The predicted octanol–water partition coefficient (Wildman–Crippen LogP) is 0.0904. The van der Waals surface area contributed by atoms with Gasteiger partial charge in [0.25, 0.3) is 0 Å². The molecule has 0 spiro atoms. The minimum Gasteiger partial charge on any atom is -0.352 e. The van der Waals surface area contributed by atoms with Crippen molar-refractivity contribution in [3.05, 3.63) is 12.0 Å². The number of nitrogens with one attached hydrogen (secondary N) is 1. The van der Waals surface area contributed by atoms with Gasteiger partial charge >= 0.3 is 0 Å². The zero-order valence-corrected chi connectivity index (χ0v) is 11.5. The summed E-state index contributed by atoms with van der Waals surface area (Å²) in [6.07, 6.45) is 3.90. The molecule has 3 heterocycles. The molecule has 104 valence electrons. The summed E-state index contributed by atoms with van der Waals surface area (Å²) in [7, 11) is 2.18. The van der Waals surface area contributed by atoms with Crippen molar-refractivity contribution in [2.75, 3.05) is 51.2 Å². The van der Waals surface area contributed by atoms with Crippen molar-refractivity contribution in [3.63, 3.8) is 0 Å². The molecule has 0 saturated carbocycles. The highest BCUT2D eigenvalue weighted by Crippen LogP contribution is 2.31. The molecule has 6 heteroatoms. The van der Waals surface area contributed by atoms with Crippen molar-refractivity contribution in [2.24, 2.45) is 0 Å². The van der Waals surface area contributed by atoms with Crippen LogP contribution >= 0.6 is 0 Å².